The molecular formula is C14H19N3. The Bertz CT molecular complexity index is 536. The second kappa shape index (κ2) is 4.15. The van der Waals surface area contributed by atoms with Crippen LogP contribution in [0.3, 0.4) is 0 Å². The number of nitrogens with zero attached hydrogens (tertiary/aromatic N) is 2. The molecule has 2 aromatic rings. The Balaban J connectivity index is 2.07. The van der Waals surface area contributed by atoms with Gasteiger partial charge in [0.1, 0.15) is 5.65 Å². The van der Waals surface area contributed by atoms with Gasteiger partial charge in [-0.1, -0.05) is 0 Å². The average Bonchev–Trinajstić information content (AvgIpc) is 2.67. The van der Waals surface area contributed by atoms with Crippen LogP contribution in [0.5, 0.6) is 0 Å². The fourth-order valence-corrected chi connectivity index (χ4v) is 2.77. The van der Waals surface area contributed by atoms with Crippen molar-refractivity contribution >= 4 is 5.65 Å². The van der Waals surface area contributed by atoms with E-state index in [0.717, 1.165) is 18.7 Å². The summed E-state index contributed by atoms with van der Waals surface area (Å²) in [5.74, 6) is 0.636. The number of pyridine rings is 1. The van der Waals surface area contributed by atoms with Crippen LogP contribution in [0.2, 0.25) is 0 Å². The summed E-state index contributed by atoms with van der Waals surface area (Å²) in [6.45, 7) is 6.55. The van der Waals surface area contributed by atoms with Gasteiger partial charge in [0.05, 0.1) is 5.69 Å². The zero-order valence-corrected chi connectivity index (χ0v) is 10.5. The lowest BCUT2D eigenvalue weighted by Gasteiger charge is -2.21. The highest BCUT2D eigenvalue weighted by Crippen LogP contribution is 2.27. The van der Waals surface area contributed by atoms with E-state index in [1.165, 1.54) is 29.8 Å². The van der Waals surface area contributed by atoms with E-state index < -0.39 is 0 Å². The monoisotopic (exact) mass is 229 g/mol. The normalized spacial score (nSPS) is 17.8. The summed E-state index contributed by atoms with van der Waals surface area (Å²) in [7, 11) is 0. The van der Waals surface area contributed by atoms with E-state index in [1.807, 2.05) is 0 Å². The summed E-state index contributed by atoms with van der Waals surface area (Å²) in [6.07, 6.45) is 4.56. The first-order valence-corrected chi connectivity index (χ1v) is 6.41. The molecule has 3 heterocycles. The Hall–Kier alpha value is -1.35. The molecule has 1 saturated heterocycles. The molecule has 0 atom stereocenters. The van der Waals surface area contributed by atoms with Gasteiger partial charge in [0.15, 0.2) is 0 Å². The second-order valence-electron chi connectivity index (χ2n) is 5.04. The molecule has 2 aromatic heterocycles. The Morgan fingerprint density at radius 1 is 1.29 bits per heavy atom. The van der Waals surface area contributed by atoms with Crippen LogP contribution in [0.15, 0.2) is 18.3 Å². The third-order valence-corrected chi connectivity index (χ3v) is 3.78. The Morgan fingerprint density at radius 3 is 2.82 bits per heavy atom. The van der Waals surface area contributed by atoms with Crippen LogP contribution in [0.4, 0.5) is 0 Å². The first-order valence-electron chi connectivity index (χ1n) is 6.41. The summed E-state index contributed by atoms with van der Waals surface area (Å²) >= 11 is 0. The van der Waals surface area contributed by atoms with Crippen LogP contribution in [-0.2, 0) is 0 Å². The molecular weight excluding hydrogens is 210 g/mol. The molecule has 1 fully saturated rings. The van der Waals surface area contributed by atoms with E-state index in [0.29, 0.717) is 5.92 Å². The highest BCUT2D eigenvalue weighted by atomic mass is 15.0. The first-order chi connectivity index (χ1) is 8.25. The van der Waals surface area contributed by atoms with Crippen LogP contribution in [0, 0.1) is 13.8 Å². The predicted octanol–water partition coefficient (Wildman–Crippen LogP) is 2.42. The summed E-state index contributed by atoms with van der Waals surface area (Å²) in [5, 5.41) is 3.41. The van der Waals surface area contributed by atoms with E-state index >= 15 is 0 Å². The molecule has 17 heavy (non-hydrogen) atoms. The summed E-state index contributed by atoms with van der Waals surface area (Å²) < 4.78 is 2.21. The smallest absolute Gasteiger partial charge is 0.137 e. The molecule has 0 amide bonds. The molecule has 3 nitrogen and oxygen atoms in total. The van der Waals surface area contributed by atoms with Gasteiger partial charge < -0.3 is 9.72 Å². The molecule has 0 spiro atoms. The Labute approximate surface area is 102 Å². The van der Waals surface area contributed by atoms with Gasteiger partial charge >= 0.3 is 0 Å². The number of hydrogen-bond acceptors (Lipinski definition) is 2. The maximum atomic E-state index is 4.83. The Kier molecular flexibility index (Phi) is 2.63. The van der Waals surface area contributed by atoms with E-state index in [1.54, 1.807) is 0 Å². The SMILES string of the molecule is Cc1ccn2c(C)c(C3CCNCC3)nc2c1. The maximum Gasteiger partial charge on any atom is 0.137 e. The quantitative estimate of drug-likeness (QED) is 0.813. The highest BCUT2D eigenvalue weighted by Gasteiger charge is 2.20. The van der Waals surface area contributed by atoms with Gasteiger partial charge in [0.2, 0.25) is 0 Å². The third-order valence-electron chi connectivity index (χ3n) is 3.78. The van der Waals surface area contributed by atoms with Crippen LogP contribution < -0.4 is 5.32 Å². The molecule has 1 aliphatic rings. The molecule has 0 radical (unpaired) electrons. The number of fused-ring (bicyclic) bond motifs is 1. The van der Waals surface area contributed by atoms with Crippen LogP contribution in [0.1, 0.15) is 35.7 Å². The minimum Gasteiger partial charge on any atom is -0.317 e. The van der Waals surface area contributed by atoms with Gasteiger partial charge in [-0.15, -0.1) is 0 Å². The lowest BCUT2D eigenvalue weighted by Crippen LogP contribution is -2.27. The molecule has 0 saturated carbocycles. The van der Waals surface area contributed by atoms with Gasteiger partial charge in [-0.2, -0.15) is 0 Å². The van der Waals surface area contributed by atoms with Crippen molar-refractivity contribution in [2.75, 3.05) is 13.1 Å². The predicted molar refractivity (Wildman–Crippen MR) is 69.5 cm³/mol. The zero-order chi connectivity index (χ0) is 11.8. The van der Waals surface area contributed by atoms with Crippen molar-refractivity contribution in [2.45, 2.75) is 32.6 Å². The minimum atomic E-state index is 0.636. The van der Waals surface area contributed by atoms with Gasteiger partial charge in [-0.05, 0) is 57.5 Å². The summed E-state index contributed by atoms with van der Waals surface area (Å²) in [4.78, 5) is 4.83. The van der Waals surface area contributed by atoms with E-state index in [9.17, 15) is 0 Å². The molecule has 1 aliphatic heterocycles. The topological polar surface area (TPSA) is 29.3 Å². The lowest BCUT2D eigenvalue weighted by atomic mass is 9.94. The second-order valence-corrected chi connectivity index (χ2v) is 5.04. The fraction of sp³-hybridized carbons (Fsp3) is 0.500. The highest BCUT2D eigenvalue weighted by molar-refractivity contribution is 5.46. The molecule has 3 heteroatoms. The molecule has 0 aromatic carbocycles. The van der Waals surface area contributed by atoms with Crippen molar-refractivity contribution in [1.29, 1.82) is 0 Å². The van der Waals surface area contributed by atoms with Gasteiger partial charge in [0.25, 0.3) is 0 Å². The molecule has 1 N–H and O–H groups in total. The average molecular weight is 229 g/mol. The van der Waals surface area contributed by atoms with E-state index in [4.69, 9.17) is 4.98 Å². The number of imidazole rings is 1. The van der Waals surface area contributed by atoms with Gasteiger partial charge in [0, 0.05) is 17.8 Å². The number of hydrogen-bond donors (Lipinski definition) is 1. The summed E-state index contributed by atoms with van der Waals surface area (Å²) in [6, 6.07) is 4.31. The van der Waals surface area contributed by atoms with Crippen molar-refractivity contribution in [1.82, 2.24) is 14.7 Å². The standard InChI is InChI=1S/C14H19N3/c1-10-5-8-17-11(2)14(16-13(17)9-10)12-3-6-15-7-4-12/h5,8-9,12,15H,3-4,6-7H2,1-2H3. The third kappa shape index (κ3) is 1.84. The molecule has 0 aliphatic carbocycles. The van der Waals surface area contributed by atoms with Crippen molar-refractivity contribution in [3.8, 4) is 0 Å². The van der Waals surface area contributed by atoms with Crippen molar-refractivity contribution in [3.05, 3.63) is 35.3 Å². The lowest BCUT2D eigenvalue weighted by molar-refractivity contribution is 0.453. The summed E-state index contributed by atoms with van der Waals surface area (Å²) in [5.41, 5.74) is 4.99. The molecule has 0 unspecified atom stereocenters. The zero-order valence-electron chi connectivity index (χ0n) is 10.5. The van der Waals surface area contributed by atoms with Crippen molar-refractivity contribution in [3.63, 3.8) is 0 Å². The fourth-order valence-electron chi connectivity index (χ4n) is 2.77. The number of piperidine rings is 1. The molecule has 90 valence electrons. The van der Waals surface area contributed by atoms with Crippen LogP contribution in [-0.4, -0.2) is 22.5 Å². The Morgan fingerprint density at radius 2 is 2.06 bits per heavy atom. The van der Waals surface area contributed by atoms with Crippen LogP contribution >= 0.6 is 0 Å². The van der Waals surface area contributed by atoms with E-state index in [2.05, 4.69) is 41.9 Å². The van der Waals surface area contributed by atoms with E-state index in [-0.39, 0.29) is 0 Å². The number of aryl methyl sites for hydroxylation is 2. The number of nitrogens with one attached hydrogen (secondary N) is 1. The van der Waals surface area contributed by atoms with Crippen molar-refractivity contribution in [2.24, 2.45) is 0 Å². The largest absolute Gasteiger partial charge is 0.317 e. The van der Waals surface area contributed by atoms with Gasteiger partial charge in [-0.25, -0.2) is 4.98 Å². The number of rotatable bonds is 1. The first kappa shape index (κ1) is 10.8. The van der Waals surface area contributed by atoms with Gasteiger partial charge in [-0.3, -0.25) is 0 Å². The molecule has 0 bridgehead atoms. The van der Waals surface area contributed by atoms with Crippen LogP contribution in [0.25, 0.3) is 5.65 Å². The van der Waals surface area contributed by atoms with Crippen molar-refractivity contribution < 1.29 is 0 Å². The maximum absolute atomic E-state index is 4.83. The molecule has 3 rings (SSSR count). The minimum absolute atomic E-state index is 0.636. The number of aromatic nitrogens is 2.